The molecule has 3 heterocycles. The maximum atomic E-state index is 13.4. The summed E-state index contributed by atoms with van der Waals surface area (Å²) in [7, 11) is 1.85. The Kier molecular flexibility index (Phi) is 8.13. The van der Waals surface area contributed by atoms with Crippen molar-refractivity contribution in [2.75, 3.05) is 13.6 Å². The van der Waals surface area contributed by atoms with Gasteiger partial charge in [-0.25, -0.2) is 0 Å². The molecule has 4 N–H and O–H groups in total. The number of furan rings is 1. The summed E-state index contributed by atoms with van der Waals surface area (Å²) in [6.07, 6.45) is 2.09. The van der Waals surface area contributed by atoms with E-state index < -0.39 is 23.3 Å². The molecule has 0 aliphatic carbocycles. The number of pyridine rings is 1. The first kappa shape index (κ1) is 26.6. The third-order valence-electron chi connectivity index (χ3n) is 5.94. The number of hydrogen-bond donors (Lipinski definition) is 3. The number of carbonyl (C=O) groups excluding carboxylic acids is 2. The lowest BCUT2D eigenvalue weighted by molar-refractivity contribution is -0.118. The lowest BCUT2D eigenvalue weighted by atomic mass is 10.1. The van der Waals surface area contributed by atoms with Crippen molar-refractivity contribution < 1.29 is 19.1 Å². The molecule has 2 amide bonds. The van der Waals surface area contributed by atoms with Crippen LogP contribution < -0.4 is 16.5 Å². The first-order chi connectivity index (χ1) is 17.6. The van der Waals surface area contributed by atoms with Gasteiger partial charge in [0.25, 0.3) is 5.91 Å². The van der Waals surface area contributed by atoms with Crippen LogP contribution in [0, 0.1) is 6.92 Å². The minimum Gasteiger partial charge on any atom is -0.467 e. The number of aliphatic hydroxyl groups is 1. The number of nitrogens with two attached hydrogens (primary N) is 1. The number of nitrogens with one attached hydrogen (secondary N) is 1. The molecule has 0 bridgehead atoms. The fourth-order valence-corrected chi connectivity index (χ4v) is 5.59. The van der Waals surface area contributed by atoms with Crippen molar-refractivity contribution in [1.82, 2.24) is 14.8 Å². The lowest BCUT2D eigenvalue weighted by Gasteiger charge is -2.19. The number of carbonyl (C=O) groups is 2. The molecule has 0 fully saturated rings. The van der Waals surface area contributed by atoms with Crippen molar-refractivity contribution in [3.8, 4) is 0 Å². The number of halogens is 1. The summed E-state index contributed by atoms with van der Waals surface area (Å²) in [6, 6.07) is 10.4. The molecule has 1 aromatic carbocycles. The molecule has 9 nitrogen and oxygen atoms in total. The quantitative estimate of drug-likeness (QED) is 0.282. The van der Waals surface area contributed by atoms with Crippen LogP contribution >= 0.6 is 22.9 Å². The second-order valence-corrected chi connectivity index (χ2v) is 10.4. The van der Waals surface area contributed by atoms with E-state index >= 15 is 0 Å². The molecule has 0 saturated carbocycles. The lowest BCUT2D eigenvalue weighted by Crippen LogP contribution is -2.30. The molecule has 11 heteroatoms. The molecule has 1 unspecified atom stereocenters. The Morgan fingerprint density at radius 1 is 1.27 bits per heavy atom. The van der Waals surface area contributed by atoms with Gasteiger partial charge in [-0.2, -0.15) is 0 Å². The number of aryl methyl sites for hydroxylation is 1. The molecule has 4 aromatic rings. The van der Waals surface area contributed by atoms with Crippen molar-refractivity contribution in [3.63, 3.8) is 0 Å². The molecule has 1 atom stereocenters. The number of thiophene rings is 1. The van der Waals surface area contributed by atoms with E-state index in [-0.39, 0.29) is 18.7 Å². The van der Waals surface area contributed by atoms with E-state index in [1.54, 1.807) is 41.0 Å². The molecule has 0 aliphatic heterocycles. The second kappa shape index (κ2) is 11.3. The normalized spacial score (nSPS) is 12.2. The highest BCUT2D eigenvalue weighted by atomic mass is 35.5. The Labute approximate surface area is 222 Å². The highest BCUT2D eigenvalue weighted by molar-refractivity contribution is 7.19. The summed E-state index contributed by atoms with van der Waals surface area (Å²) in [5, 5.41) is 13.8. The van der Waals surface area contributed by atoms with E-state index in [4.69, 9.17) is 21.8 Å². The number of rotatable bonds is 10. The van der Waals surface area contributed by atoms with Gasteiger partial charge in [-0.05, 0) is 49.4 Å². The highest BCUT2D eigenvalue weighted by Crippen LogP contribution is 2.30. The largest absolute Gasteiger partial charge is 0.467 e. The molecule has 3 aromatic heterocycles. The van der Waals surface area contributed by atoms with E-state index in [0.717, 1.165) is 16.0 Å². The molecule has 0 saturated heterocycles. The number of aromatic nitrogens is 1. The molecule has 37 heavy (non-hydrogen) atoms. The molecule has 194 valence electrons. The zero-order chi connectivity index (χ0) is 26.7. The SMILES string of the molecule is Cc1c(CN(C)CC(O)c2ccco2)sc2c(=O)c(C(=O)NCc3ccc(Cl)cc3)cn(CC(N)=O)c12. The Bertz CT molecular complexity index is 1480. The van der Waals surface area contributed by atoms with E-state index in [0.29, 0.717) is 34.1 Å². The van der Waals surface area contributed by atoms with Crippen LogP contribution in [0.1, 0.15) is 38.2 Å². The number of amides is 2. The van der Waals surface area contributed by atoms with Gasteiger partial charge in [0, 0.05) is 35.7 Å². The van der Waals surface area contributed by atoms with Crippen molar-refractivity contribution in [1.29, 1.82) is 0 Å². The standard InChI is InChI=1S/C26H27ClN4O5S/c1-15-21(13-30(2)12-19(32)20-4-3-9-36-20)37-25-23(15)31(14-22(28)33)11-18(24(25)34)26(35)29-10-16-5-7-17(27)8-6-16/h3-9,11,19,32H,10,12-14H2,1-2H3,(H2,28,33)(H,29,35). The van der Waals surface area contributed by atoms with E-state index in [2.05, 4.69) is 5.32 Å². The van der Waals surface area contributed by atoms with Gasteiger partial charge in [0.2, 0.25) is 11.3 Å². The number of nitrogens with zero attached hydrogens (tertiary/aromatic N) is 2. The van der Waals surface area contributed by atoms with Gasteiger partial charge in [0.1, 0.15) is 24.0 Å². The topological polar surface area (TPSA) is 131 Å². The summed E-state index contributed by atoms with van der Waals surface area (Å²) >= 11 is 7.18. The molecule has 0 aliphatic rings. The van der Waals surface area contributed by atoms with Gasteiger partial charge in [0.15, 0.2) is 0 Å². The number of likely N-dealkylation sites (N-methyl/N-ethyl adjacent to an activating group) is 1. The Morgan fingerprint density at radius 2 is 2.00 bits per heavy atom. The number of aliphatic hydroxyl groups excluding tert-OH is 1. The first-order valence-corrected chi connectivity index (χ1v) is 12.7. The van der Waals surface area contributed by atoms with Gasteiger partial charge >= 0.3 is 0 Å². The Hall–Kier alpha value is -3.44. The minimum absolute atomic E-state index is 0.0721. The predicted molar refractivity (Wildman–Crippen MR) is 143 cm³/mol. The van der Waals surface area contributed by atoms with Crippen LogP contribution in [-0.2, 0) is 24.4 Å². The van der Waals surface area contributed by atoms with E-state index in [9.17, 15) is 19.5 Å². The van der Waals surface area contributed by atoms with Crippen LogP contribution in [0.4, 0.5) is 0 Å². The monoisotopic (exact) mass is 542 g/mol. The molecule has 0 radical (unpaired) electrons. The van der Waals surface area contributed by atoms with Crippen molar-refractivity contribution in [2.24, 2.45) is 5.73 Å². The minimum atomic E-state index is -0.805. The maximum Gasteiger partial charge on any atom is 0.257 e. The predicted octanol–water partition coefficient (Wildman–Crippen LogP) is 3.20. The van der Waals surface area contributed by atoms with Gasteiger partial charge in [-0.3, -0.25) is 19.3 Å². The van der Waals surface area contributed by atoms with Crippen LogP contribution in [0.25, 0.3) is 10.2 Å². The number of benzene rings is 1. The average molecular weight is 543 g/mol. The maximum absolute atomic E-state index is 13.4. The first-order valence-electron chi connectivity index (χ1n) is 11.5. The summed E-state index contributed by atoms with van der Waals surface area (Å²) in [6.45, 7) is 2.64. The molecular formula is C26H27ClN4O5S. The van der Waals surface area contributed by atoms with Gasteiger partial charge < -0.3 is 25.1 Å². The second-order valence-electron chi connectivity index (χ2n) is 8.83. The number of fused-ring (bicyclic) bond motifs is 1. The van der Waals surface area contributed by atoms with Crippen LogP contribution in [0.15, 0.2) is 58.1 Å². The summed E-state index contributed by atoms with van der Waals surface area (Å²) in [5.41, 5.74) is 7.19. The molecular weight excluding hydrogens is 516 g/mol. The van der Waals surface area contributed by atoms with Crippen LogP contribution in [0.3, 0.4) is 0 Å². The zero-order valence-corrected chi connectivity index (χ0v) is 21.9. The number of primary amides is 1. The molecule has 0 spiro atoms. The smallest absolute Gasteiger partial charge is 0.257 e. The fraction of sp³-hybridized carbons (Fsp3) is 0.269. The number of hydrogen-bond acceptors (Lipinski definition) is 7. The summed E-state index contributed by atoms with van der Waals surface area (Å²) < 4.78 is 7.20. The Morgan fingerprint density at radius 3 is 2.65 bits per heavy atom. The van der Waals surface area contributed by atoms with Crippen molar-refractivity contribution >= 4 is 45.0 Å². The van der Waals surface area contributed by atoms with Crippen LogP contribution in [0.2, 0.25) is 5.02 Å². The summed E-state index contributed by atoms with van der Waals surface area (Å²) in [5.74, 6) is -0.676. The van der Waals surface area contributed by atoms with Crippen LogP contribution in [0.5, 0.6) is 0 Å². The zero-order valence-electron chi connectivity index (χ0n) is 20.4. The van der Waals surface area contributed by atoms with Gasteiger partial charge in [-0.15, -0.1) is 11.3 Å². The fourth-order valence-electron chi connectivity index (χ4n) is 4.11. The average Bonchev–Trinajstić information content (AvgIpc) is 3.49. The molecule has 4 rings (SSSR count). The third-order valence-corrected chi connectivity index (χ3v) is 7.46. The van der Waals surface area contributed by atoms with Gasteiger partial charge in [-0.1, -0.05) is 23.7 Å². The van der Waals surface area contributed by atoms with Crippen molar-refractivity contribution in [2.45, 2.75) is 32.7 Å². The third kappa shape index (κ3) is 6.11. The van der Waals surface area contributed by atoms with E-state index in [1.165, 1.54) is 23.8 Å². The van der Waals surface area contributed by atoms with E-state index in [1.807, 2.05) is 18.9 Å². The van der Waals surface area contributed by atoms with Crippen LogP contribution in [-0.4, -0.2) is 40.0 Å². The van der Waals surface area contributed by atoms with Crippen molar-refractivity contribution in [3.05, 3.63) is 91.4 Å². The highest BCUT2D eigenvalue weighted by Gasteiger charge is 2.22. The Balaban J connectivity index is 1.62. The summed E-state index contributed by atoms with van der Waals surface area (Å²) in [4.78, 5) is 41.0. The van der Waals surface area contributed by atoms with Gasteiger partial charge in [0.05, 0.1) is 16.5 Å².